The van der Waals surface area contributed by atoms with Gasteiger partial charge in [-0.15, -0.1) is 0 Å². The number of ether oxygens (including phenoxy) is 1. The molecule has 1 aliphatic rings. The standard InChI is InChI=1S/C24H26N2O4S/c1-2-3-16-30-20-12-10-18(11-13-20)14-15-25-23(27)17-26-21-8-4-6-19-7-5-9-22(24(19)21)31(26,28)29/h4-13H,2-3,14-17H2,1H3,(H,25,27). The van der Waals surface area contributed by atoms with Gasteiger partial charge >= 0.3 is 0 Å². The van der Waals surface area contributed by atoms with Crippen molar-refractivity contribution in [3.05, 3.63) is 66.2 Å². The molecule has 0 fully saturated rings. The molecule has 4 rings (SSSR count). The molecule has 3 aromatic carbocycles. The quantitative estimate of drug-likeness (QED) is 0.515. The Labute approximate surface area is 182 Å². The van der Waals surface area contributed by atoms with Gasteiger partial charge in [0.1, 0.15) is 12.3 Å². The van der Waals surface area contributed by atoms with E-state index in [2.05, 4.69) is 12.2 Å². The number of carbonyl (C=O) groups excluding carboxylic acids is 1. The van der Waals surface area contributed by atoms with Gasteiger partial charge in [0.15, 0.2) is 0 Å². The number of sulfonamides is 1. The number of amides is 1. The van der Waals surface area contributed by atoms with Crippen LogP contribution in [0, 0.1) is 0 Å². The minimum atomic E-state index is -3.73. The summed E-state index contributed by atoms with van der Waals surface area (Å²) in [6.07, 6.45) is 2.78. The van der Waals surface area contributed by atoms with Crippen molar-refractivity contribution in [2.75, 3.05) is 24.0 Å². The summed E-state index contributed by atoms with van der Waals surface area (Å²) in [4.78, 5) is 12.8. The monoisotopic (exact) mass is 438 g/mol. The maximum atomic E-state index is 13.0. The molecule has 0 saturated heterocycles. The van der Waals surface area contributed by atoms with Crippen LogP contribution in [-0.2, 0) is 21.2 Å². The van der Waals surface area contributed by atoms with Crippen LogP contribution in [0.1, 0.15) is 25.3 Å². The van der Waals surface area contributed by atoms with Crippen LogP contribution in [0.2, 0.25) is 0 Å². The van der Waals surface area contributed by atoms with Crippen molar-refractivity contribution in [1.82, 2.24) is 5.32 Å². The molecule has 0 radical (unpaired) electrons. The molecule has 1 N–H and O–H groups in total. The summed E-state index contributed by atoms with van der Waals surface area (Å²) in [6, 6.07) is 18.4. The first-order valence-corrected chi connectivity index (χ1v) is 12.0. The molecule has 1 heterocycles. The van der Waals surface area contributed by atoms with Gasteiger partial charge in [-0.05, 0) is 48.1 Å². The molecule has 3 aromatic rings. The predicted octanol–water partition coefficient (Wildman–Crippen LogP) is 3.89. The van der Waals surface area contributed by atoms with Crippen molar-refractivity contribution in [3.8, 4) is 5.75 Å². The lowest BCUT2D eigenvalue weighted by Gasteiger charge is -2.18. The van der Waals surface area contributed by atoms with Crippen LogP contribution >= 0.6 is 0 Å². The number of anilines is 1. The molecule has 0 aliphatic carbocycles. The second kappa shape index (κ2) is 8.98. The van der Waals surface area contributed by atoms with Crippen LogP contribution in [-0.4, -0.2) is 34.0 Å². The lowest BCUT2D eigenvalue weighted by atomic mass is 10.1. The lowest BCUT2D eigenvalue weighted by Crippen LogP contribution is -2.39. The molecule has 1 amide bonds. The summed E-state index contributed by atoms with van der Waals surface area (Å²) in [7, 11) is -3.73. The van der Waals surface area contributed by atoms with E-state index in [1.165, 1.54) is 4.31 Å². The Morgan fingerprint density at radius 3 is 2.52 bits per heavy atom. The third-order valence-corrected chi connectivity index (χ3v) is 7.20. The SMILES string of the molecule is CCCCOc1ccc(CCNC(=O)CN2c3cccc4cccc(c34)S2(=O)=O)cc1. The fraction of sp³-hybridized carbons (Fsp3) is 0.292. The van der Waals surface area contributed by atoms with Crippen molar-refractivity contribution < 1.29 is 17.9 Å². The van der Waals surface area contributed by atoms with Gasteiger partial charge in [-0.3, -0.25) is 9.10 Å². The molecular weight excluding hydrogens is 412 g/mol. The maximum absolute atomic E-state index is 13.0. The zero-order chi connectivity index (χ0) is 21.8. The first-order valence-electron chi connectivity index (χ1n) is 10.5. The highest BCUT2D eigenvalue weighted by atomic mass is 32.2. The first kappa shape index (κ1) is 21.2. The average Bonchev–Trinajstić information content (AvgIpc) is 2.98. The number of hydrogen-bond acceptors (Lipinski definition) is 4. The van der Waals surface area contributed by atoms with Crippen LogP contribution in [0.3, 0.4) is 0 Å². The fourth-order valence-corrected chi connectivity index (χ4v) is 5.41. The normalized spacial score (nSPS) is 14.0. The van der Waals surface area contributed by atoms with E-state index in [0.29, 0.717) is 30.6 Å². The highest BCUT2D eigenvalue weighted by Gasteiger charge is 2.36. The number of carbonyl (C=O) groups is 1. The van der Waals surface area contributed by atoms with Crippen molar-refractivity contribution >= 4 is 32.4 Å². The maximum Gasteiger partial charge on any atom is 0.265 e. The third kappa shape index (κ3) is 4.37. The Kier molecular flexibility index (Phi) is 6.13. The summed E-state index contributed by atoms with van der Waals surface area (Å²) >= 11 is 0. The smallest absolute Gasteiger partial charge is 0.265 e. The van der Waals surface area contributed by atoms with Gasteiger partial charge in [0.25, 0.3) is 10.0 Å². The van der Waals surface area contributed by atoms with Crippen LogP contribution < -0.4 is 14.4 Å². The van der Waals surface area contributed by atoms with Crippen LogP contribution in [0.4, 0.5) is 5.69 Å². The Balaban J connectivity index is 1.34. The number of hydrogen-bond donors (Lipinski definition) is 1. The van der Waals surface area contributed by atoms with E-state index in [9.17, 15) is 13.2 Å². The molecule has 1 aliphatic heterocycles. The summed E-state index contributed by atoms with van der Waals surface area (Å²) < 4.78 is 32.8. The minimum absolute atomic E-state index is 0.236. The summed E-state index contributed by atoms with van der Waals surface area (Å²) in [5.74, 6) is 0.516. The number of nitrogens with zero attached hydrogens (tertiary/aromatic N) is 1. The van der Waals surface area contributed by atoms with E-state index in [-0.39, 0.29) is 17.3 Å². The third-order valence-electron chi connectivity index (χ3n) is 5.39. The van der Waals surface area contributed by atoms with Gasteiger partial charge < -0.3 is 10.1 Å². The Bertz CT molecular complexity index is 1180. The summed E-state index contributed by atoms with van der Waals surface area (Å²) in [6.45, 7) is 3.03. The highest BCUT2D eigenvalue weighted by molar-refractivity contribution is 7.93. The van der Waals surface area contributed by atoms with E-state index in [4.69, 9.17) is 4.74 Å². The van der Waals surface area contributed by atoms with E-state index in [0.717, 1.165) is 29.5 Å². The number of benzene rings is 3. The van der Waals surface area contributed by atoms with Crippen LogP contribution in [0.5, 0.6) is 5.75 Å². The molecule has 0 spiro atoms. The molecule has 0 saturated carbocycles. The zero-order valence-electron chi connectivity index (χ0n) is 17.5. The summed E-state index contributed by atoms with van der Waals surface area (Å²) in [5.41, 5.74) is 1.64. The van der Waals surface area contributed by atoms with Gasteiger partial charge in [0.05, 0.1) is 17.2 Å². The number of unbranched alkanes of at least 4 members (excludes halogenated alkanes) is 1. The Morgan fingerprint density at radius 2 is 1.77 bits per heavy atom. The largest absolute Gasteiger partial charge is 0.494 e. The van der Waals surface area contributed by atoms with Gasteiger partial charge in [-0.25, -0.2) is 8.42 Å². The molecule has 0 unspecified atom stereocenters. The molecule has 7 heteroatoms. The molecule has 0 atom stereocenters. The van der Waals surface area contributed by atoms with Crippen molar-refractivity contribution in [3.63, 3.8) is 0 Å². The minimum Gasteiger partial charge on any atom is -0.494 e. The molecule has 0 aromatic heterocycles. The zero-order valence-corrected chi connectivity index (χ0v) is 18.3. The lowest BCUT2D eigenvalue weighted by molar-refractivity contribution is -0.119. The number of nitrogens with one attached hydrogen (secondary N) is 1. The van der Waals surface area contributed by atoms with E-state index in [1.54, 1.807) is 18.2 Å². The van der Waals surface area contributed by atoms with E-state index in [1.807, 2.05) is 42.5 Å². The molecule has 31 heavy (non-hydrogen) atoms. The average molecular weight is 439 g/mol. The van der Waals surface area contributed by atoms with E-state index < -0.39 is 10.0 Å². The van der Waals surface area contributed by atoms with Gasteiger partial charge in [-0.1, -0.05) is 49.7 Å². The van der Waals surface area contributed by atoms with Crippen molar-refractivity contribution in [2.45, 2.75) is 31.1 Å². The predicted molar refractivity (Wildman–Crippen MR) is 122 cm³/mol. The second-order valence-electron chi connectivity index (χ2n) is 7.59. The van der Waals surface area contributed by atoms with Crippen LogP contribution in [0.25, 0.3) is 10.8 Å². The summed E-state index contributed by atoms with van der Waals surface area (Å²) in [5, 5.41) is 4.37. The van der Waals surface area contributed by atoms with Crippen molar-refractivity contribution in [1.29, 1.82) is 0 Å². The molecular formula is C24H26N2O4S. The Morgan fingerprint density at radius 1 is 1.03 bits per heavy atom. The molecule has 162 valence electrons. The second-order valence-corrected chi connectivity index (χ2v) is 9.42. The Hall–Kier alpha value is -3.06. The van der Waals surface area contributed by atoms with Gasteiger partial charge in [0.2, 0.25) is 5.91 Å². The van der Waals surface area contributed by atoms with Crippen LogP contribution in [0.15, 0.2) is 65.6 Å². The van der Waals surface area contributed by atoms with E-state index >= 15 is 0 Å². The van der Waals surface area contributed by atoms with Gasteiger partial charge in [-0.2, -0.15) is 0 Å². The molecule has 6 nitrogen and oxygen atoms in total. The first-order chi connectivity index (χ1) is 15.0. The highest BCUT2D eigenvalue weighted by Crippen LogP contribution is 2.41. The number of rotatable bonds is 9. The topological polar surface area (TPSA) is 75.7 Å². The molecule has 0 bridgehead atoms. The van der Waals surface area contributed by atoms with Crippen molar-refractivity contribution in [2.24, 2.45) is 0 Å². The van der Waals surface area contributed by atoms with Gasteiger partial charge in [0, 0.05) is 11.9 Å². The fourth-order valence-electron chi connectivity index (χ4n) is 3.75.